The molecule has 28 heavy (non-hydrogen) atoms. The third-order valence-corrected chi connectivity index (χ3v) is 4.19. The fraction of sp³-hybridized carbons (Fsp3) is 0.350. The van der Waals surface area contributed by atoms with Crippen LogP contribution >= 0.6 is 24.0 Å². The van der Waals surface area contributed by atoms with Gasteiger partial charge in [0.05, 0.1) is 25.1 Å². The number of nitrogens with zero attached hydrogens (tertiary/aromatic N) is 4. The van der Waals surface area contributed by atoms with Crippen LogP contribution in [0.25, 0.3) is 0 Å². The van der Waals surface area contributed by atoms with Crippen molar-refractivity contribution in [2.45, 2.75) is 40.4 Å². The summed E-state index contributed by atoms with van der Waals surface area (Å²) in [4.78, 5) is 13.1. The number of aromatic nitrogens is 3. The molecule has 0 saturated heterocycles. The second kappa shape index (κ2) is 10.8. The van der Waals surface area contributed by atoms with Crippen molar-refractivity contribution >= 4 is 29.9 Å². The molecule has 8 heteroatoms. The first kappa shape index (κ1) is 21.9. The smallest absolute Gasteiger partial charge is 0.214 e. The van der Waals surface area contributed by atoms with Gasteiger partial charge >= 0.3 is 0 Å². The summed E-state index contributed by atoms with van der Waals surface area (Å²) in [6, 6.07) is 8.48. The van der Waals surface area contributed by atoms with Crippen LogP contribution in [-0.4, -0.2) is 27.0 Å². The van der Waals surface area contributed by atoms with Crippen LogP contribution in [0.4, 0.5) is 0 Å². The van der Waals surface area contributed by atoms with Crippen LogP contribution in [0.2, 0.25) is 0 Å². The monoisotopic (exact) mass is 494 g/mol. The Labute approximate surface area is 182 Å². The van der Waals surface area contributed by atoms with E-state index in [1.54, 1.807) is 6.20 Å². The van der Waals surface area contributed by atoms with Crippen LogP contribution in [0.5, 0.6) is 0 Å². The normalized spacial score (nSPS) is 11.2. The van der Waals surface area contributed by atoms with Crippen LogP contribution in [0.3, 0.4) is 0 Å². The van der Waals surface area contributed by atoms with Crippen LogP contribution < -0.4 is 10.6 Å². The van der Waals surface area contributed by atoms with Gasteiger partial charge in [-0.1, -0.05) is 24.3 Å². The number of aryl methyl sites for hydroxylation is 2. The average molecular weight is 494 g/mol. The molecular weight excluding hydrogens is 467 g/mol. The second-order valence-corrected chi connectivity index (χ2v) is 6.35. The Morgan fingerprint density at radius 2 is 1.89 bits per heavy atom. The van der Waals surface area contributed by atoms with Gasteiger partial charge in [0, 0.05) is 25.5 Å². The number of hydrogen-bond donors (Lipinski definition) is 2. The molecule has 2 aromatic heterocycles. The molecule has 0 fully saturated rings. The quantitative estimate of drug-likeness (QED) is 0.299. The van der Waals surface area contributed by atoms with Crippen molar-refractivity contribution in [3.05, 3.63) is 71.5 Å². The summed E-state index contributed by atoms with van der Waals surface area (Å²) in [6.45, 7) is 8.62. The van der Waals surface area contributed by atoms with Gasteiger partial charge in [0.2, 0.25) is 5.89 Å². The van der Waals surface area contributed by atoms with E-state index in [1.165, 1.54) is 5.56 Å². The third-order valence-electron chi connectivity index (χ3n) is 4.19. The summed E-state index contributed by atoms with van der Waals surface area (Å²) in [7, 11) is 0. The Morgan fingerprint density at radius 3 is 2.50 bits per heavy atom. The van der Waals surface area contributed by atoms with Gasteiger partial charge in [0.15, 0.2) is 5.96 Å². The molecule has 2 heterocycles. The van der Waals surface area contributed by atoms with E-state index in [4.69, 9.17) is 4.42 Å². The van der Waals surface area contributed by atoms with Gasteiger partial charge in [-0.05, 0) is 31.9 Å². The molecule has 0 aliphatic heterocycles. The van der Waals surface area contributed by atoms with E-state index in [-0.39, 0.29) is 24.0 Å². The van der Waals surface area contributed by atoms with Crippen molar-refractivity contribution in [2.75, 3.05) is 6.54 Å². The maximum Gasteiger partial charge on any atom is 0.214 e. The van der Waals surface area contributed by atoms with Crippen molar-refractivity contribution in [3.63, 3.8) is 0 Å². The van der Waals surface area contributed by atoms with Crippen LogP contribution in [0.15, 0.2) is 52.4 Å². The number of imidazole rings is 1. The number of benzene rings is 1. The standard InChI is InChI=1S/C20H26N6O.HI/c1-4-22-20(24-12-19-25-15(2)16(3)27-19)23-11-17-5-7-18(8-6-17)13-26-10-9-21-14-26;/h5-10,14H,4,11-13H2,1-3H3,(H2,22,23,24);1H. The van der Waals surface area contributed by atoms with E-state index in [9.17, 15) is 0 Å². The molecular formula is C20H27IN6O. The number of guanidine groups is 1. The molecule has 3 rings (SSSR count). The summed E-state index contributed by atoms with van der Waals surface area (Å²) in [5.74, 6) is 2.26. The highest BCUT2D eigenvalue weighted by atomic mass is 127. The zero-order chi connectivity index (χ0) is 19.1. The number of oxazole rings is 1. The highest BCUT2D eigenvalue weighted by molar-refractivity contribution is 14.0. The topological polar surface area (TPSA) is 80.3 Å². The molecule has 150 valence electrons. The molecule has 0 atom stereocenters. The SMILES string of the molecule is CCNC(=NCc1ccc(Cn2ccnc2)cc1)NCc1nc(C)c(C)o1.I. The zero-order valence-electron chi connectivity index (χ0n) is 16.5. The maximum atomic E-state index is 5.60. The van der Waals surface area contributed by atoms with Crippen molar-refractivity contribution in [2.24, 2.45) is 4.99 Å². The molecule has 0 bridgehead atoms. The molecule has 2 N–H and O–H groups in total. The lowest BCUT2D eigenvalue weighted by molar-refractivity contribution is 0.463. The van der Waals surface area contributed by atoms with Crippen LogP contribution in [-0.2, 0) is 19.6 Å². The van der Waals surface area contributed by atoms with Crippen molar-refractivity contribution < 1.29 is 4.42 Å². The fourth-order valence-electron chi connectivity index (χ4n) is 2.63. The molecule has 0 amide bonds. The Bertz CT molecular complexity index is 851. The predicted octanol–water partition coefficient (Wildman–Crippen LogP) is 3.41. The van der Waals surface area contributed by atoms with E-state index in [0.29, 0.717) is 19.0 Å². The summed E-state index contributed by atoms with van der Waals surface area (Å²) >= 11 is 0. The highest BCUT2D eigenvalue weighted by Crippen LogP contribution is 2.09. The molecule has 0 saturated carbocycles. The van der Waals surface area contributed by atoms with Gasteiger partial charge < -0.3 is 19.6 Å². The average Bonchev–Trinajstić information content (AvgIpc) is 3.28. The molecule has 3 aromatic rings. The van der Waals surface area contributed by atoms with E-state index in [1.807, 2.05) is 37.9 Å². The minimum absolute atomic E-state index is 0. The van der Waals surface area contributed by atoms with Gasteiger partial charge in [-0.3, -0.25) is 0 Å². The van der Waals surface area contributed by atoms with Gasteiger partial charge in [-0.2, -0.15) is 0 Å². The number of hydrogen-bond acceptors (Lipinski definition) is 4. The van der Waals surface area contributed by atoms with Crippen molar-refractivity contribution in [1.29, 1.82) is 0 Å². The number of rotatable bonds is 7. The molecule has 0 spiro atoms. The van der Waals surface area contributed by atoms with Gasteiger partial charge in [0.1, 0.15) is 5.76 Å². The molecule has 0 unspecified atom stereocenters. The maximum absolute atomic E-state index is 5.60. The molecule has 0 aliphatic rings. The lowest BCUT2D eigenvalue weighted by atomic mass is 10.1. The van der Waals surface area contributed by atoms with E-state index in [0.717, 1.165) is 36.1 Å². The van der Waals surface area contributed by atoms with Crippen molar-refractivity contribution in [1.82, 2.24) is 25.2 Å². The number of nitrogens with one attached hydrogen (secondary N) is 2. The van der Waals surface area contributed by atoms with Gasteiger partial charge in [-0.15, -0.1) is 24.0 Å². The summed E-state index contributed by atoms with van der Waals surface area (Å²) in [5, 5.41) is 6.51. The lowest BCUT2D eigenvalue weighted by Crippen LogP contribution is -2.36. The third kappa shape index (κ3) is 6.36. The summed E-state index contributed by atoms with van der Waals surface area (Å²) < 4.78 is 7.65. The zero-order valence-corrected chi connectivity index (χ0v) is 18.8. The molecule has 0 aliphatic carbocycles. The Hall–Kier alpha value is -2.36. The first-order valence-corrected chi connectivity index (χ1v) is 9.12. The van der Waals surface area contributed by atoms with Gasteiger partial charge in [-0.25, -0.2) is 15.0 Å². The first-order chi connectivity index (χ1) is 13.1. The van der Waals surface area contributed by atoms with E-state index < -0.39 is 0 Å². The van der Waals surface area contributed by atoms with Crippen LogP contribution in [0.1, 0.15) is 35.4 Å². The highest BCUT2D eigenvalue weighted by Gasteiger charge is 2.06. The fourth-order valence-corrected chi connectivity index (χ4v) is 2.63. The predicted molar refractivity (Wildman–Crippen MR) is 121 cm³/mol. The Morgan fingerprint density at radius 1 is 1.14 bits per heavy atom. The number of aliphatic imine (C=N–C) groups is 1. The van der Waals surface area contributed by atoms with Crippen LogP contribution in [0, 0.1) is 13.8 Å². The minimum atomic E-state index is 0. The Balaban J connectivity index is 0.00000280. The first-order valence-electron chi connectivity index (χ1n) is 9.12. The minimum Gasteiger partial charge on any atom is -0.444 e. The molecule has 1 aromatic carbocycles. The lowest BCUT2D eigenvalue weighted by Gasteiger charge is -2.10. The largest absolute Gasteiger partial charge is 0.444 e. The Kier molecular flexibility index (Phi) is 8.49. The van der Waals surface area contributed by atoms with E-state index in [2.05, 4.69) is 49.9 Å². The summed E-state index contributed by atoms with van der Waals surface area (Å²) in [6.07, 6.45) is 5.58. The summed E-state index contributed by atoms with van der Waals surface area (Å²) in [5.41, 5.74) is 3.31. The second-order valence-electron chi connectivity index (χ2n) is 6.35. The molecule has 7 nitrogen and oxygen atoms in total. The number of halogens is 1. The molecule has 0 radical (unpaired) electrons. The van der Waals surface area contributed by atoms with E-state index >= 15 is 0 Å². The van der Waals surface area contributed by atoms with Gasteiger partial charge in [0.25, 0.3) is 0 Å². The van der Waals surface area contributed by atoms with Crippen molar-refractivity contribution in [3.8, 4) is 0 Å².